The minimum Gasteiger partial charge on any atom is -0.488 e. The fraction of sp³-hybridized carbons (Fsp3) is 0.455. The molecule has 2 heterocycles. The van der Waals surface area contributed by atoms with E-state index >= 15 is 0 Å². The molecule has 1 aliphatic rings. The molecule has 30 heavy (non-hydrogen) atoms. The van der Waals surface area contributed by atoms with Gasteiger partial charge in [-0.15, -0.1) is 0 Å². The van der Waals surface area contributed by atoms with Crippen LogP contribution in [0.3, 0.4) is 0 Å². The summed E-state index contributed by atoms with van der Waals surface area (Å²) in [5.41, 5.74) is 4.75. The Morgan fingerprint density at radius 1 is 1.33 bits per heavy atom. The normalized spacial score (nSPS) is 15.8. The Kier molecular flexibility index (Phi) is 7.31. The van der Waals surface area contributed by atoms with Crippen LogP contribution in [-0.4, -0.2) is 52.5 Å². The van der Waals surface area contributed by atoms with E-state index in [9.17, 15) is 9.59 Å². The van der Waals surface area contributed by atoms with Crippen LogP contribution in [0.15, 0.2) is 24.4 Å². The second-order valence-electron chi connectivity index (χ2n) is 7.49. The first-order valence-corrected chi connectivity index (χ1v) is 11.4. The molecule has 8 heteroatoms. The maximum atomic E-state index is 12.5. The van der Waals surface area contributed by atoms with Crippen LogP contribution in [0.5, 0.6) is 5.75 Å². The number of hydrogen-bond acceptors (Lipinski definition) is 6. The third-order valence-electron chi connectivity index (χ3n) is 4.96. The molecule has 3 rings (SSSR count). The van der Waals surface area contributed by atoms with Crippen molar-refractivity contribution in [3.8, 4) is 17.0 Å². The molecule has 2 amide bonds. The van der Waals surface area contributed by atoms with Crippen molar-refractivity contribution < 1.29 is 14.3 Å². The molecule has 0 aliphatic carbocycles. The minimum absolute atomic E-state index is 0.137. The van der Waals surface area contributed by atoms with Crippen LogP contribution in [0, 0.1) is 13.8 Å². The molecule has 2 atom stereocenters. The molecule has 0 saturated carbocycles. The quantitative estimate of drug-likeness (QED) is 0.671. The van der Waals surface area contributed by atoms with Gasteiger partial charge in [-0.3, -0.25) is 14.6 Å². The average Bonchev–Trinajstić information content (AvgIpc) is 3.13. The van der Waals surface area contributed by atoms with Crippen LogP contribution in [0.25, 0.3) is 11.3 Å². The number of nitrogens with one attached hydrogen (secondary N) is 2. The summed E-state index contributed by atoms with van der Waals surface area (Å²) in [5, 5.41) is 5.65. The van der Waals surface area contributed by atoms with Gasteiger partial charge < -0.3 is 15.4 Å². The predicted octanol–water partition coefficient (Wildman–Crippen LogP) is 2.44. The van der Waals surface area contributed by atoms with E-state index in [-0.39, 0.29) is 17.9 Å². The summed E-state index contributed by atoms with van der Waals surface area (Å²) in [5.74, 6) is 1.25. The number of carbonyl (C=O) groups excluding carboxylic acids is 2. The third-order valence-corrected chi connectivity index (χ3v) is 5.60. The molecule has 160 valence electrons. The molecule has 2 aromatic rings. The molecule has 7 nitrogen and oxygen atoms in total. The van der Waals surface area contributed by atoms with Crippen molar-refractivity contribution in [1.82, 2.24) is 20.6 Å². The number of aromatic nitrogens is 2. The summed E-state index contributed by atoms with van der Waals surface area (Å²) in [6.45, 7) is 5.69. The Hall–Kier alpha value is -2.61. The molecule has 0 bridgehead atoms. The fourth-order valence-electron chi connectivity index (χ4n) is 3.48. The van der Waals surface area contributed by atoms with Gasteiger partial charge in [0, 0.05) is 25.1 Å². The molecular formula is C22H28N4O3S. The topological polar surface area (TPSA) is 93.2 Å². The Bertz CT molecular complexity index is 935. The summed E-state index contributed by atoms with van der Waals surface area (Å²) in [7, 11) is 0. The SMILES string of the molecule is CSCC[C@H](NC(C)=O)C(=O)NC[C@@H]1Cc2cc(-c3nc(C)cnc3C)ccc2O1. The van der Waals surface area contributed by atoms with Crippen molar-refractivity contribution in [3.63, 3.8) is 0 Å². The number of rotatable bonds is 8. The molecule has 1 aliphatic heterocycles. The standard InChI is InChI=1S/C22H28N4O3S/c1-13-11-23-14(2)21(25-13)16-5-6-20-17(9-16)10-18(29-20)12-24-22(28)19(7-8-30-4)26-15(3)27/h5-6,9,11,18-19H,7-8,10,12H2,1-4H3,(H,24,28)(H,26,27)/t18-,19-/m0/s1. The lowest BCUT2D eigenvalue weighted by molar-refractivity contribution is -0.128. The molecule has 1 aromatic carbocycles. The van der Waals surface area contributed by atoms with Crippen LogP contribution in [0.1, 0.15) is 30.3 Å². The lowest BCUT2D eigenvalue weighted by Crippen LogP contribution is -2.48. The summed E-state index contributed by atoms with van der Waals surface area (Å²) in [4.78, 5) is 32.9. The summed E-state index contributed by atoms with van der Waals surface area (Å²) in [6.07, 6.45) is 4.91. The molecule has 0 unspecified atom stereocenters. The number of aryl methyl sites for hydroxylation is 2. The van der Waals surface area contributed by atoms with Crippen LogP contribution in [0.2, 0.25) is 0 Å². The average molecular weight is 429 g/mol. The van der Waals surface area contributed by atoms with Gasteiger partial charge in [-0.25, -0.2) is 4.98 Å². The first kappa shape index (κ1) is 22.1. The van der Waals surface area contributed by atoms with Crippen molar-refractivity contribution in [2.45, 2.75) is 45.8 Å². The van der Waals surface area contributed by atoms with Crippen LogP contribution in [-0.2, 0) is 16.0 Å². The zero-order valence-corrected chi connectivity index (χ0v) is 18.6. The summed E-state index contributed by atoms with van der Waals surface area (Å²) >= 11 is 1.65. The van der Waals surface area contributed by atoms with Crippen molar-refractivity contribution in [2.75, 3.05) is 18.6 Å². The van der Waals surface area contributed by atoms with Gasteiger partial charge in [0.25, 0.3) is 0 Å². The highest BCUT2D eigenvalue weighted by Crippen LogP contribution is 2.33. The number of fused-ring (bicyclic) bond motifs is 1. The largest absolute Gasteiger partial charge is 0.488 e. The molecule has 1 aromatic heterocycles. The summed E-state index contributed by atoms with van der Waals surface area (Å²) in [6, 6.07) is 5.51. The zero-order chi connectivity index (χ0) is 21.7. The maximum absolute atomic E-state index is 12.5. The van der Waals surface area contributed by atoms with E-state index in [2.05, 4.69) is 26.7 Å². The van der Waals surface area contributed by atoms with Crippen LogP contribution < -0.4 is 15.4 Å². The Morgan fingerprint density at radius 3 is 2.87 bits per heavy atom. The van der Waals surface area contributed by atoms with Gasteiger partial charge >= 0.3 is 0 Å². The fourth-order valence-corrected chi connectivity index (χ4v) is 3.95. The first-order chi connectivity index (χ1) is 14.4. The molecule has 2 N–H and O–H groups in total. The highest BCUT2D eigenvalue weighted by atomic mass is 32.2. The van der Waals surface area contributed by atoms with Gasteiger partial charge in [0.2, 0.25) is 11.8 Å². The van der Waals surface area contributed by atoms with Crippen LogP contribution >= 0.6 is 11.8 Å². The number of thioether (sulfide) groups is 1. The van der Waals surface area contributed by atoms with Crippen molar-refractivity contribution in [3.05, 3.63) is 41.3 Å². The van der Waals surface area contributed by atoms with E-state index in [4.69, 9.17) is 4.74 Å². The van der Waals surface area contributed by atoms with Gasteiger partial charge in [0.15, 0.2) is 0 Å². The summed E-state index contributed by atoms with van der Waals surface area (Å²) < 4.78 is 6.00. The number of hydrogen-bond donors (Lipinski definition) is 2. The van der Waals surface area contributed by atoms with Crippen molar-refractivity contribution in [1.29, 1.82) is 0 Å². The highest BCUT2D eigenvalue weighted by Gasteiger charge is 2.26. The lowest BCUT2D eigenvalue weighted by Gasteiger charge is -2.19. The third kappa shape index (κ3) is 5.50. The molecule has 0 radical (unpaired) electrons. The molecular weight excluding hydrogens is 400 g/mol. The van der Waals surface area contributed by atoms with Gasteiger partial charge in [-0.2, -0.15) is 11.8 Å². The van der Waals surface area contributed by atoms with Crippen molar-refractivity contribution in [2.24, 2.45) is 0 Å². The Balaban J connectivity index is 1.62. The van der Waals surface area contributed by atoms with Gasteiger partial charge in [-0.05, 0) is 56.0 Å². The van der Waals surface area contributed by atoms with E-state index in [1.165, 1.54) is 6.92 Å². The van der Waals surface area contributed by atoms with E-state index < -0.39 is 6.04 Å². The van der Waals surface area contributed by atoms with Crippen molar-refractivity contribution >= 4 is 23.6 Å². The van der Waals surface area contributed by atoms with Crippen LogP contribution in [0.4, 0.5) is 0 Å². The smallest absolute Gasteiger partial charge is 0.242 e. The second-order valence-corrected chi connectivity index (χ2v) is 8.48. The monoisotopic (exact) mass is 428 g/mol. The minimum atomic E-state index is -0.520. The molecule has 0 saturated heterocycles. The van der Waals surface area contributed by atoms with E-state index in [0.29, 0.717) is 19.4 Å². The number of ether oxygens (including phenoxy) is 1. The van der Waals surface area contributed by atoms with Gasteiger partial charge in [0.1, 0.15) is 17.9 Å². The second kappa shape index (κ2) is 9.93. The number of carbonyl (C=O) groups is 2. The number of nitrogens with zero attached hydrogens (tertiary/aromatic N) is 2. The Morgan fingerprint density at radius 2 is 2.13 bits per heavy atom. The predicted molar refractivity (Wildman–Crippen MR) is 119 cm³/mol. The first-order valence-electron chi connectivity index (χ1n) is 10.0. The maximum Gasteiger partial charge on any atom is 0.242 e. The molecule has 0 spiro atoms. The lowest BCUT2D eigenvalue weighted by atomic mass is 10.0. The van der Waals surface area contributed by atoms with E-state index in [0.717, 1.165) is 39.7 Å². The van der Waals surface area contributed by atoms with E-state index in [1.54, 1.807) is 18.0 Å². The molecule has 0 fully saturated rings. The van der Waals surface area contributed by atoms with Gasteiger partial charge in [0.05, 0.1) is 23.6 Å². The zero-order valence-electron chi connectivity index (χ0n) is 17.8. The highest BCUT2D eigenvalue weighted by molar-refractivity contribution is 7.98. The van der Waals surface area contributed by atoms with E-state index in [1.807, 2.05) is 32.2 Å². The Labute approximate surface area is 181 Å². The number of amides is 2. The number of benzene rings is 1. The van der Waals surface area contributed by atoms with Gasteiger partial charge in [-0.1, -0.05) is 0 Å².